The van der Waals surface area contributed by atoms with Crippen LogP contribution >= 0.6 is 0 Å². The van der Waals surface area contributed by atoms with Gasteiger partial charge >= 0.3 is 6.09 Å². The summed E-state index contributed by atoms with van der Waals surface area (Å²) in [6.07, 6.45) is 2.57. The predicted octanol–water partition coefficient (Wildman–Crippen LogP) is 2.32. The monoisotopic (exact) mass is 287 g/mol. The van der Waals surface area contributed by atoms with Crippen molar-refractivity contribution in [2.75, 3.05) is 20.3 Å². The van der Waals surface area contributed by atoms with Gasteiger partial charge in [0.1, 0.15) is 5.60 Å². The topological polar surface area (TPSA) is 67.8 Å². The lowest BCUT2D eigenvalue weighted by Gasteiger charge is -2.34. The first-order valence-electron chi connectivity index (χ1n) is 7.33. The Kier molecular flexibility index (Phi) is 5.83. The van der Waals surface area contributed by atoms with Crippen LogP contribution in [0.3, 0.4) is 0 Å². The van der Waals surface area contributed by atoms with E-state index in [9.17, 15) is 9.90 Å². The van der Waals surface area contributed by atoms with Crippen molar-refractivity contribution in [2.45, 2.75) is 58.7 Å². The summed E-state index contributed by atoms with van der Waals surface area (Å²) in [7, 11) is 1.67. The largest absolute Gasteiger partial charge is 0.444 e. The van der Waals surface area contributed by atoms with Crippen LogP contribution in [0.1, 0.15) is 47.0 Å². The van der Waals surface area contributed by atoms with Crippen molar-refractivity contribution in [3.63, 3.8) is 0 Å². The quantitative estimate of drug-likeness (QED) is 0.754. The lowest BCUT2D eigenvalue weighted by Crippen LogP contribution is -2.45. The molecule has 0 aromatic carbocycles. The second-order valence-electron chi connectivity index (χ2n) is 6.90. The molecule has 1 aliphatic rings. The number of rotatable bonds is 7. The van der Waals surface area contributed by atoms with Gasteiger partial charge in [-0.15, -0.1) is 0 Å². The third-order valence-corrected chi connectivity index (χ3v) is 3.84. The zero-order valence-electron chi connectivity index (χ0n) is 13.4. The fourth-order valence-electron chi connectivity index (χ4n) is 2.55. The number of nitrogens with one attached hydrogen (secondary N) is 1. The van der Waals surface area contributed by atoms with Crippen molar-refractivity contribution in [1.29, 1.82) is 0 Å². The first-order chi connectivity index (χ1) is 9.22. The van der Waals surface area contributed by atoms with E-state index in [1.54, 1.807) is 7.11 Å². The molecule has 20 heavy (non-hydrogen) atoms. The van der Waals surface area contributed by atoms with Crippen LogP contribution in [0.2, 0.25) is 0 Å². The molecule has 5 heteroatoms. The molecular formula is C15H29NO4. The summed E-state index contributed by atoms with van der Waals surface area (Å²) in [6, 6.07) is 0. The standard InChI is InChI=1S/C15H29NO4/c1-11(19-5)8-15(10-17,12-6-7-12)9-16-13(18)20-14(2,3)4/h11-12,17H,6-10H2,1-5H3,(H,16,18). The fourth-order valence-corrected chi connectivity index (χ4v) is 2.55. The molecule has 118 valence electrons. The highest BCUT2D eigenvalue weighted by Crippen LogP contribution is 2.48. The van der Waals surface area contributed by atoms with Gasteiger partial charge in [0.15, 0.2) is 0 Å². The Morgan fingerprint density at radius 3 is 2.40 bits per heavy atom. The van der Waals surface area contributed by atoms with Gasteiger partial charge in [0, 0.05) is 19.1 Å². The van der Waals surface area contributed by atoms with Crippen LogP contribution in [0.15, 0.2) is 0 Å². The molecule has 1 aliphatic carbocycles. The molecule has 0 aromatic heterocycles. The van der Waals surface area contributed by atoms with Gasteiger partial charge in [-0.25, -0.2) is 4.79 Å². The maximum atomic E-state index is 11.8. The van der Waals surface area contributed by atoms with E-state index in [0.29, 0.717) is 12.5 Å². The van der Waals surface area contributed by atoms with E-state index in [1.165, 1.54) is 0 Å². The molecule has 2 N–H and O–H groups in total. The average molecular weight is 287 g/mol. The predicted molar refractivity (Wildman–Crippen MR) is 77.6 cm³/mol. The Morgan fingerprint density at radius 1 is 1.40 bits per heavy atom. The van der Waals surface area contributed by atoms with Crippen LogP contribution in [0.5, 0.6) is 0 Å². The minimum absolute atomic E-state index is 0.0567. The van der Waals surface area contributed by atoms with Gasteiger partial charge in [0.25, 0.3) is 0 Å². The van der Waals surface area contributed by atoms with Gasteiger partial charge in [-0.1, -0.05) is 0 Å². The van der Waals surface area contributed by atoms with Crippen molar-refractivity contribution in [2.24, 2.45) is 11.3 Å². The molecule has 0 aliphatic heterocycles. The fraction of sp³-hybridized carbons (Fsp3) is 0.933. The molecule has 0 spiro atoms. The van der Waals surface area contributed by atoms with Crippen LogP contribution in [-0.4, -0.2) is 43.2 Å². The van der Waals surface area contributed by atoms with E-state index in [4.69, 9.17) is 9.47 Å². The van der Waals surface area contributed by atoms with Crippen molar-refractivity contribution in [3.8, 4) is 0 Å². The molecule has 2 atom stereocenters. The zero-order valence-corrected chi connectivity index (χ0v) is 13.4. The van der Waals surface area contributed by atoms with Crippen LogP contribution < -0.4 is 5.32 Å². The van der Waals surface area contributed by atoms with E-state index >= 15 is 0 Å². The molecule has 1 saturated carbocycles. The maximum Gasteiger partial charge on any atom is 0.407 e. The van der Waals surface area contributed by atoms with Gasteiger partial charge in [-0.2, -0.15) is 0 Å². The molecular weight excluding hydrogens is 258 g/mol. The van der Waals surface area contributed by atoms with Gasteiger partial charge < -0.3 is 19.9 Å². The molecule has 0 aromatic rings. The third kappa shape index (κ3) is 5.29. The van der Waals surface area contributed by atoms with Crippen molar-refractivity contribution < 1.29 is 19.4 Å². The molecule has 2 unspecified atom stereocenters. The molecule has 1 fully saturated rings. The molecule has 5 nitrogen and oxygen atoms in total. The Hall–Kier alpha value is -0.810. The Morgan fingerprint density at radius 2 is 2.00 bits per heavy atom. The van der Waals surface area contributed by atoms with Crippen LogP contribution in [0.25, 0.3) is 0 Å². The van der Waals surface area contributed by atoms with E-state index in [2.05, 4.69) is 5.32 Å². The second-order valence-corrected chi connectivity index (χ2v) is 6.90. The highest BCUT2D eigenvalue weighted by molar-refractivity contribution is 5.67. The number of aliphatic hydroxyl groups is 1. The highest BCUT2D eigenvalue weighted by atomic mass is 16.6. The first kappa shape index (κ1) is 17.2. The number of amides is 1. The van der Waals surface area contributed by atoms with Crippen molar-refractivity contribution in [1.82, 2.24) is 5.32 Å². The zero-order chi connectivity index (χ0) is 15.4. The van der Waals surface area contributed by atoms with Crippen LogP contribution in [0, 0.1) is 11.3 Å². The van der Waals surface area contributed by atoms with E-state index in [0.717, 1.165) is 19.3 Å². The smallest absolute Gasteiger partial charge is 0.407 e. The molecule has 0 bridgehead atoms. The molecule has 1 rings (SSSR count). The molecule has 0 radical (unpaired) electrons. The van der Waals surface area contributed by atoms with Crippen LogP contribution in [0.4, 0.5) is 4.79 Å². The first-order valence-corrected chi connectivity index (χ1v) is 7.33. The summed E-state index contributed by atoms with van der Waals surface area (Å²) >= 11 is 0. The molecule has 0 heterocycles. The number of ether oxygens (including phenoxy) is 2. The minimum atomic E-state index is -0.509. The van der Waals surface area contributed by atoms with E-state index in [1.807, 2.05) is 27.7 Å². The number of hydrogen-bond acceptors (Lipinski definition) is 4. The Bertz CT molecular complexity index is 322. The lowest BCUT2D eigenvalue weighted by molar-refractivity contribution is 0.0127. The number of hydrogen-bond donors (Lipinski definition) is 2. The summed E-state index contributed by atoms with van der Waals surface area (Å²) in [4.78, 5) is 11.8. The number of methoxy groups -OCH3 is 1. The Balaban J connectivity index is 2.59. The van der Waals surface area contributed by atoms with Gasteiger partial charge in [-0.3, -0.25) is 0 Å². The highest BCUT2D eigenvalue weighted by Gasteiger charge is 2.45. The summed E-state index contributed by atoms with van der Waals surface area (Å²) in [6.45, 7) is 7.97. The van der Waals surface area contributed by atoms with Crippen molar-refractivity contribution >= 4 is 6.09 Å². The van der Waals surface area contributed by atoms with Gasteiger partial charge in [-0.05, 0) is 52.9 Å². The van der Waals surface area contributed by atoms with E-state index in [-0.39, 0.29) is 18.1 Å². The average Bonchev–Trinajstić information content (AvgIpc) is 3.16. The van der Waals surface area contributed by atoms with Crippen LogP contribution in [-0.2, 0) is 9.47 Å². The lowest BCUT2D eigenvalue weighted by atomic mass is 9.78. The number of alkyl carbamates (subject to hydrolysis) is 1. The molecule has 0 saturated heterocycles. The summed E-state index contributed by atoms with van der Waals surface area (Å²) in [5.41, 5.74) is -0.808. The van der Waals surface area contributed by atoms with E-state index < -0.39 is 11.7 Å². The van der Waals surface area contributed by atoms with Gasteiger partial charge in [0.05, 0.1) is 12.7 Å². The van der Waals surface area contributed by atoms with Gasteiger partial charge in [0.2, 0.25) is 0 Å². The third-order valence-electron chi connectivity index (χ3n) is 3.84. The Labute approximate surface area is 122 Å². The second kappa shape index (κ2) is 6.76. The number of carbonyl (C=O) groups excluding carboxylic acids is 1. The SMILES string of the molecule is COC(C)CC(CO)(CNC(=O)OC(C)(C)C)C1CC1. The summed E-state index contributed by atoms with van der Waals surface area (Å²) < 4.78 is 10.6. The normalized spacial score (nSPS) is 20.1. The minimum Gasteiger partial charge on any atom is -0.444 e. The summed E-state index contributed by atoms with van der Waals surface area (Å²) in [5, 5.41) is 12.6. The maximum absolute atomic E-state index is 11.8. The number of aliphatic hydroxyl groups excluding tert-OH is 1. The summed E-state index contributed by atoms with van der Waals surface area (Å²) in [5.74, 6) is 0.458. The molecule has 1 amide bonds. The number of carbonyl (C=O) groups is 1. The van der Waals surface area contributed by atoms with Crippen molar-refractivity contribution in [3.05, 3.63) is 0 Å².